The van der Waals surface area contributed by atoms with E-state index in [4.69, 9.17) is 25.9 Å². The molecular formula is C27H36ClNO6. The lowest BCUT2D eigenvalue weighted by atomic mass is 9.90. The summed E-state index contributed by atoms with van der Waals surface area (Å²) in [6, 6.07) is 13.7. The van der Waals surface area contributed by atoms with Crippen molar-refractivity contribution in [3.05, 3.63) is 69.7 Å². The SMILES string of the molecule is COC1C(c2ccc(Cl)c(Cc3ccc(C(=NOC(C)C)C(C)C)cc3)c2)OC(CO)C(O)C1O. The number of oxime groups is 1. The Balaban J connectivity index is 1.84. The molecule has 35 heavy (non-hydrogen) atoms. The van der Waals surface area contributed by atoms with Gasteiger partial charge in [-0.25, -0.2) is 0 Å². The van der Waals surface area contributed by atoms with Crippen molar-refractivity contribution < 1.29 is 29.6 Å². The topological polar surface area (TPSA) is 101 Å². The largest absolute Gasteiger partial charge is 0.394 e. The fourth-order valence-corrected chi connectivity index (χ4v) is 4.38. The summed E-state index contributed by atoms with van der Waals surface area (Å²) >= 11 is 6.52. The molecule has 0 radical (unpaired) electrons. The van der Waals surface area contributed by atoms with Crippen LogP contribution in [0.25, 0.3) is 0 Å². The molecule has 2 aromatic rings. The predicted molar refractivity (Wildman–Crippen MR) is 136 cm³/mol. The molecule has 1 fully saturated rings. The fourth-order valence-electron chi connectivity index (χ4n) is 4.20. The van der Waals surface area contributed by atoms with Gasteiger partial charge in [0.1, 0.15) is 36.6 Å². The van der Waals surface area contributed by atoms with Gasteiger partial charge in [-0.15, -0.1) is 0 Å². The number of aliphatic hydroxyl groups is 3. The minimum Gasteiger partial charge on any atom is -0.394 e. The first-order valence-corrected chi connectivity index (χ1v) is 12.3. The van der Waals surface area contributed by atoms with E-state index in [-0.39, 0.29) is 12.0 Å². The monoisotopic (exact) mass is 505 g/mol. The highest BCUT2D eigenvalue weighted by atomic mass is 35.5. The maximum absolute atomic E-state index is 10.5. The van der Waals surface area contributed by atoms with E-state index in [1.807, 2.05) is 50.2 Å². The lowest BCUT2D eigenvalue weighted by molar-refractivity contribution is -0.238. The number of aliphatic hydroxyl groups excluding tert-OH is 3. The molecule has 1 aliphatic heterocycles. The molecule has 5 unspecified atom stereocenters. The second kappa shape index (κ2) is 12.3. The quantitative estimate of drug-likeness (QED) is 0.353. The van der Waals surface area contributed by atoms with Crippen molar-refractivity contribution in [1.29, 1.82) is 0 Å². The smallest absolute Gasteiger partial charge is 0.122 e. The van der Waals surface area contributed by atoms with Crippen LogP contribution < -0.4 is 0 Å². The molecule has 1 heterocycles. The zero-order valence-corrected chi connectivity index (χ0v) is 21.6. The molecule has 192 valence electrons. The Labute approximate surface area is 212 Å². The van der Waals surface area contributed by atoms with Gasteiger partial charge in [0.2, 0.25) is 0 Å². The zero-order chi connectivity index (χ0) is 25.7. The zero-order valence-electron chi connectivity index (χ0n) is 20.9. The van der Waals surface area contributed by atoms with Crippen LogP contribution in [0.2, 0.25) is 5.02 Å². The van der Waals surface area contributed by atoms with Gasteiger partial charge in [0.15, 0.2) is 0 Å². The van der Waals surface area contributed by atoms with Crippen LogP contribution in [0.3, 0.4) is 0 Å². The molecule has 2 aromatic carbocycles. The Hall–Kier alpha value is -2.00. The molecule has 0 bridgehead atoms. The van der Waals surface area contributed by atoms with Gasteiger partial charge in [-0.2, -0.15) is 0 Å². The highest BCUT2D eigenvalue weighted by molar-refractivity contribution is 6.31. The lowest BCUT2D eigenvalue weighted by Crippen LogP contribution is -2.55. The number of benzene rings is 2. The molecule has 0 amide bonds. The molecule has 7 nitrogen and oxygen atoms in total. The molecule has 1 saturated heterocycles. The van der Waals surface area contributed by atoms with E-state index in [1.54, 1.807) is 6.07 Å². The molecule has 0 spiro atoms. The first kappa shape index (κ1) is 27.6. The van der Waals surface area contributed by atoms with Crippen molar-refractivity contribution in [2.24, 2.45) is 11.1 Å². The van der Waals surface area contributed by atoms with Crippen molar-refractivity contribution in [1.82, 2.24) is 0 Å². The van der Waals surface area contributed by atoms with Crippen LogP contribution in [-0.2, 0) is 20.7 Å². The van der Waals surface area contributed by atoms with E-state index in [1.165, 1.54) is 7.11 Å². The molecular weight excluding hydrogens is 470 g/mol. The van der Waals surface area contributed by atoms with Gasteiger partial charge in [0, 0.05) is 12.1 Å². The summed E-state index contributed by atoms with van der Waals surface area (Å²) in [6.07, 6.45) is -4.20. The first-order chi connectivity index (χ1) is 16.7. The number of methoxy groups -OCH3 is 1. The van der Waals surface area contributed by atoms with E-state index < -0.39 is 37.1 Å². The third-order valence-corrected chi connectivity index (χ3v) is 6.46. The summed E-state index contributed by atoms with van der Waals surface area (Å²) < 4.78 is 11.3. The van der Waals surface area contributed by atoms with Crippen molar-refractivity contribution in [3.8, 4) is 0 Å². The Morgan fingerprint density at radius 1 is 1.06 bits per heavy atom. The third kappa shape index (κ3) is 6.61. The van der Waals surface area contributed by atoms with Crippen LogP contribution in [0.15, 0.2) is 47.6 Å². The van der Waals surface area contributed by atoms with E-state index >= 15 is 0 Å². The van der Waals surface area contributed by atoms with Crippen molar-refractivity contribution in [2.75, 3.05) is 13.7 Å². The lowest BCUT2D eigenvalue weighted by Gasteiger charge is -2.42. The molecule has 3 N–H and O–H groups in total. The van der Waals surface area contributed by atoms with E-state index in [0.717, 1.165) is 28.0 Å². The van der Waals surface area contributed by atoms with Crippen LogP contribution in [0, 0.1) is 5.92 Å². The minimum absolute atomic E-state index is 0.0142. The van der Waals surface area contributed by atoms with E-state index in [9.17, 15) is 15.3 Å². The summed E-state index contributed by atoms with van der Waals surface area (Å²) in [5, 5.41) is 35.2. The Morgan fingerprint density at radius 3 is 2.31 bits per heavy atom. The summed E-state index contributed by atoms with van der Waals surface area (Å²) in [5.74, 6) is 0.214. The number of halogens is 1. The summed E-state index contributed by atoms with van der Waals surface area (Å²) in [4.78, 5) is 5.48. The molecule has 0 aliphatic carbocycles. The predicted octanol–water partition coefficient (Wildman–Crippen LogP) is 3.88. The number of rotatable bonds is 9. The van der Waals surface area contributed by atoms with E-state index in [0.29, 0.717) is 11.4 Å². The normalized spacial score (nSPS) is 25.3. The van der Waals surface area contributed by atoms with Crippen LogP contribution in [0.4, 0.5) is 0 Å². The molecule has 3 rings (SSSR count). The summed E-state index contributed by atoms with van der Waals surface area (Å²) in [7, 11) is 1.45. The van der Waals surface area contributed by atoms with Gasteiger partial charge in [-0.1, -0.05) is 67.0 Å². The number of nitrogens with zero attached hydrogens (tertiary/aromatic N) is 1. The highest BCUT2D eigenvalue weighted by Gasteiger charge is 2.45. The van der Waals surface area contributed by atoms with Crippen molar-refractivity contribution in [2.45, 2.75) is 70.7 Å². The maximum atomic E-state index is 10.5. The average Bonchev–Trinajstić information content (AvgIpc) is 2.82. The van der Waals surface area contributed by atoms with Crippen LogP contribution >= 0.6 is 11.6 Å². The Kier molecular flexibility index (Phi) is 9.69. The van der Waals surface area contributed by atoms with Crippen LogP contribution in [-0.4, -0.2) is 65.3 Å². The Morgan fingerprint density at radius 2 is 1.74 bits per heavy atom. The van der Waals surface area contributed by atoms with Crippen LogP contribution in [0.1, 0.15) is 56.1 Å². The van der Waals surface area contributed by atoms with Crippen LogP contribution in [0.5, 0.6) is 0 Å². The number of hydrogen-bond donors (Lipinski definition) is 3. The molecule has 0 saturated carbocycles. The van der Waals surface area contributed by atoms with Gasteiger partial charge in [0.25, 0.3) is 0 Å². The highest BCUT2D eigenvalue weighted by Crippen LogP contribution is 2.35. The molecule has 0 aromatic heterocycles. The van der Waals surface area contributed by atoms with Gasteiger partial charge in [0.05, 0.1) is 12.3 Å². The maximum Gasteiger partial charge on any atom is 0.122 e. The third-order valence-electron chi connectivity index (χ3n) is 6.09. The van der Waals surface area contributed by atoms with Crippen molar-refractivity contribution >= 4 is 17.3 Å². The molecule has 8 heteroatoms. The molecule has 5 atom stereocenters. The first-order valence-electron chi connectivity index (χ1n) is 11.9. The minimum atomic E-state index is -1.24. The Bertz CT molecular complexity index is 994. The molecule has 1 aliphatic rings. The second-order valence-corrected chi connectivity index (χ2v) is 9.88. The van der Waals surface area contributed by atoms with E-state index in [2.05, 4.69) is 19.0 Å². The fraction of sp³-hybridized carbons (Fsp3) is 0.519. The van der Waals surface area contributed by atoms with Gasteiger partial charge in [-0.3, -0.25) is 0 Å². The standard InChI is InChI=1S/C27H36ClNO6/c1-15(2)23(29-35-16(3)4)18-8-6-17(7-9-18)12-20-13-19(10-11-21(20)28)26-27(33-5)25(32)24(31)22(14-30)34-26/h6-11,13,15-16,22,24-27,30-32H,12,14H2,1-5H3. The second-order valence-electron chi connectivity index (χ2n) is 9.47. The number of hydrogen-bond acceptors (Lipinski definition) is 7. The summed E-state index contributed by atoms with van der Waals surface area (Å²) in [5.41, 5.74) is 4.60. The summed E-state index contributed by atoms with van der Waals surface area (Å²) in [6.45, 7) is 7.64. The average molecular weight is 506 g/mol. The van der Waals surface area contributed by atoms with Gasteiger partial charge < -0.3 is 29.6 Å². The van der Waals surface area contributed by atoms with Gasteiger partial charge >= 0.3 is 0 Å². The number of ether oxygens (including phenoxy) is 2. The van der Waals surface area contributed by atoms with Gasteiger partial charge in [-0.05, 0) is 54.5 Å². The van der Waals surface area contributed by atoms with Crippen molar-refractivity contribution in [3.63, 3.8) is 0 Å².